The molecule has 0 aliphatic carbocycles. The lowest BCUT2D eigenvalue weighted by Gasteiger charge is -2.32. The summed E-state index contributed by atoms with van der Waals surface area (Å²) < 4.78 is 0. The van der Waals surface area contributed by atoms with E-state index in [1.807, 2.05) is 0 Å². The summed E-state index contributed by atoms with van der Waals surface area (Å²) in [6.07, 6.45) is 3.82. The predicted molar refractivity (Wildman–Crippen MR) is 98.6 cm³/mol. The first-order valence-electron chi connectivity index (χ1n) is 8.42. The second-order valence-corrected chi connectivity index (χ2v) is 7.39. The van der Waals surface area contributed by atoms with Crippen LogP contribution in [0.15, 0.2) is 6.07 Å². The summed E-state index contributed by atoms with van der Waals surface area (Å²) in [5, 5.41) is 10.2. The molecule has 24 heavy (non-hydrogen) atoms. The molecule has 6 nitrogen and oxygen atoms in total. The Morgan fingerprint density at radius 2 is 2.17 bits per heavy atom. The fourth-order valence-electron chi connectivity index (χ4n) is 3.34. The van der Waals surface area contributed by atoms with Gasteiger partial charge in [-0.05, 0) is 36.8 Å². The highest BCUT2D eigenvalue weighted by Crippen LogP contribution is 2.37. The maximum absolute atomic E-state index is 11.6. The number of aliphatic hydroxyl groups is 1. The number of primary amides is 1. The highest BCUT2D eigenvalue weighted by molar-refractivity contribution is 7.21. The van der Waals surface area contributed by atoms with Crippen molar-refractivity contribution in [1.29, 1.82) is 0 Å². The Bertz CT molecular complexity index is 751. The number of aliphatic hydroxyl groups excluding tert-OH is 1. The third-order valence-electron chi connectivity index (χ3n) is 4.71. The van der Waals surface area contributed by atoms with Crippen molar-refractivity contribution in [3.63, 3.8) is 0 Å². The molecule has 0 radical (unpaired) electrons. The third-order valence-corrected chi connectivity index (χ3v) is 5.82. The number of carbonyl (C=O) groups is 1. The lowest BCUT2D eigenvalue weighted by Crippen LogP contribution is -2.35. The number of rotatable bonds is 5. The molecule has 1 aliphatic rings. The van der Waals surface area contributed by atoms with Gasteiger partial charge >= 0.3 is 0 Å². The van der Waals surface area contributed by atoms with Crippen molar-refractivity contribution in [2.45, 2.75) is 32.6 Å². The minimum absolute atomic E-state index is 0.255. The molecular formula is C17H24N4O2S. The molecule has 0 atom stereocenters. The van der Waals surface area contributed by atoms with Crippen molar-refractivity contribution in [2.24, 2.45) is 11.7 Å². The van der Waals surface area contributed by atoms with E-state index >= 15 is 0 Å². The number of amides is 1. The molecule has 0 saturated carbocycles. The van der Waals surface area contributed by atoms with Crippen molar-refractivity contribution in [3.8, 4) is 0 Å². The zero-order chi connectivity index (χ0) is 17.3. The number of aromatic nitrogens is 1. The zero-order valence-corrected chi connectivity index (χ0v) is 14.7. The van der Waals surface area contributed by atoms with Crippen LogP contribution in [0.3, 0.4) is 0 Å². The molecule has 0 bridgehead atoms. The molecule has 1 aliphatic heterocycles. The Morgan fingerprint density at radius 1 is 1.46 bits per heavy atom. The molecule has 2 aromatic heterocycles. The van der Waals surface area contributed by atoms with Gasteiger partial charge in [0, 0.05) is 25.1 Å². The van der Waals surface area contributed by atoms with Crippen LogP contribution in [0, 0.1) is 5.92 Å². The Kier molecular flexibility index (Phi) is 4.91. The summed E-state index contributed by atoms with van der Waals surface area (Å²) in [5.41, 5.74) is 13.2. The van der Waals surface area contributed by atoms with Crippen LogP contribution < -0.4 is 16.4 Å². The highest BCUT2D eigenvalue weighted by atomic mass is 32.1. The second-order valence-electron chi connectivity index (χ2n) is 6.39. The van der Waals surface area contributed by atoms with Gasteiger partial charge in [0.1, 0.15) is 15.5 Å². The number of thiophene rings is 1. The van der Waals surface area contributed by atoms with E-state index in [2.05, 4.69) is 17.9 Å². The summed E-state index contributed by atoms with van der Waals surface area (Å²) in [6, 6.07) is 2.10. The van der Waals surface area contributed by atoms with Crippen LogP contribution in [0.5, 0.6) is 0 Å². The predicted octanol–water partition coefficient (Wildman–Crippen LogP) is 2.14. The van der Waals surface area contributed by atoms with Crippen LogP contribution >= 0.6 is 11.3 Å². The standard InChI is InChI=1S/C17H24N4O2S/c1-2-3-11-8-12(21-6-4-10(9-22)5-7-21)20-17-13(11)14(18)15(24-17)16(19)23/h8,10,22H,2-7,9,18H2,1H3,(H2,19,23). The van der Waals surface area contributed by atoms with Gasteiger partial charge in [-0.3, -0.25) is 4.79 Å². The first-order valence-corrected chi connectivity index (χ1v) is 9.24. The Balaban J connectivity index is 2.02. The largest absolute Gasteiger partial charge is 0.397 e. The average Bonchev–Trinajstić information content (AvgIpc) is 2.92. The molecule has 3 rings (SSSR count). The van der Waals surface area contributed by atoms with Crippen molar-refractivity contribution >= 4 is 39.0 Å². The molecule has 0 unspecified atom stereocenters. The van der Waals surface area contributed by atoms with Gasteiger partial charge in [-0.2, -0.15) is 0 Å². The second kappa shape index (κ2) is 6.94. The number of hydrogen-bond donors (Lipinski definition) is 3. The Morgan fingerprint density at radius 3 is 2.75 bits per heavy atom. The maximum atomic E-state index is 11.6. The number of aryl methyl sites for hydroxylation is 1. The minimum Gasteiger partial charge on any atom is -0.397 e. The van der Waals surface area contributed by atoms with Crippen molar-refractivity contribution in [2.75, 3.05) is 30.3 Å². The number of hydrogen-bond acceptors (Lipinski definition) is 6. The average molecular weight is 348 g/mol. The summed E-state index contributed by atoms with van der Waals surface area (Å²) >= 11 is 1.28. The number of piperidine rings is 1. The van der Waals surface area contributed by atoms with E-state index in [1.54, 1.807) is 0 Å². The summed E-state index contributed by atoms with van der Waals surface area (Å²) in [5.74, 6) is 0.821. The summed E-state index contributed by atoms with van der Waals surface area (Å²) in [7, 11) is 0. The summed E-state index contributed by atoms with van der Waals surface area (Å²) in [4.78, 5) is 19.8. The van der Waals surface area contributed by atoms with E-state index in [4.69, 9.17) is 16.5 Å². The number of carbonyl (C=O) groups excluding carboxylic acids is 1. The number of anilines is 2. The van der Waals surface area contributed by atoms with Crippen molar-refractivity contribution < 1.29 is 9.90 Å². The Hall–Kier alpha value is -1.86. The van der Waals surface area contributed by atoms with Gasteiger partial charge in [0.2, 0.25) is 0 Å². The molecule has 0 aromatic carbocycles. The number of pyridine rings is 1. The van der Waals surface area contributed by atoms with E-state index < -0.39 is 5.91 Å². The SMILES string of the molecule is CCCc1cc(N2CCC(CO)CC2)nc2sc(C(N)=O)c(N)c12. The quantitative estimate of drug-likeness (QED) is 0.768. The zero-order valence-electron chi connectivity index (χ0n) is 13.9. The van der Waals surface area contributed by atoms with Crippen LogP contribution in [-0.2, 0) is 6.42 Å². The van der Waals surface area contributed by atoms with Gasteiger partial charge in [0.05, 0.1) is 5.69 Å². The van der Waals surface area contributed by atoms with Gasteiger partial charge in [-0.15, -0.1) is 11.3 Å². The molecule has 130 valence electrons. The van der Waals surface area contributed by atoms with E-state index in [1.165, 1.54) is 11.3 Å². The number of nitrogens with zero attached hydrogens (tertiary/aromatic N) is 2. The topological polar surface area (TPSA) is 105 Å². The molecule has 1 saturated heterocycles. The van der Waals surface area contributed by atoms with Gasteiger partial charge < -0.3 is 21.5 Å². The first-order chi connectivity index (χ1) is 11.5. The Labute approximate surface area is 145 Å². The lowest BCUT2D eigenvalue weighted by atomic mass is 9.97. The van der Waals surface area contributed by atoms with Crippen molar-refractivity contribution in [1.82, 2.24) is 4.98 Å². The summed E-state index contributed by atoms with van der Waals surface area (Å²) in [6.45, 7) is 4.15. The number of nitrogens with two attached hydrogens (primary N) is 2. The molecular weight excluding hydrogens is 324 g/mol. The lowest BCUT2D eigenvalue weighted by molar-refractivity contribution is 0.100. The van der Waals surface area contributed by atoms with E-state index in [0.717, 1.165) is 60.4 Å². The fraction of sp³-hybridized carbons (Fsp3) is 0.529. The molecule has 1 amide bonds. The normalized spacial score (nSPS) is 16.0. The molecule has 5 N–H and O–H groups in total. The highest BCUT2D eigenvalue weighted by Gasteiger charge is 2.23. The smallest absolute Gasteiger partial charge is 0.260 e. The van der Waals surface area contributed by atoms with E-state index in [9.17, 15) is 9.90 Å². The van der Waals surface area contributed by atoms with Crippen LogP contribution in [-0.4, -0.2) is 35.7 Å². The number of nitrogen functional groups attached to an aromatic ring is 1. The molecule has 7 heteroatoms. The van der Waals surface area contributed by atoms with Crippen LogP contribution in [0.25, 0.3) is 10.2 Å². The van der Waals surface area contributed by atoms with E-state index in [-0.39, 0.29) is 6.61 Å². The van der Waals surface area contributed by atoms with Gasteiger partial charge in [-0.1, -0.05) is 13.3 Å². The van der Waals surface area contributed by atoms with Gasteiger partial charge in [0.15, 0.2) is 0 Å². The fourth-order valence-corrected chi connectivity index (χ4v) is 4.33. The minimum atomic E-state index is -0.497. The van der Waals surface area contributed by atoms with Gasteiger partial charge in [0.25, 0.3) is 5.91 Å². The van der Waals surface area contributed by atoms with Crippen LogP contribution in [0.4, 0.5) is 11.5 Å². The molecule has 0 spiro atoms. The van der Waals surface area contributed by atoms with Crippen LogP contribution in [0.1, 0.15) is 41.4 Å². The van der Waals surface area contributed by atoms with E-state index in [0.29, 0.717) is 16.5 Å². The van der Waals surface area contributed by atoms with Gasteiger partial charge in [-0.25, -0.2) is 4.98 Å². The first kappa shape index (κ1) is 17.0. The molecule has 2 aromatic rings. The third kappa shape index (κ3) is 3.06. The molecule has 3 heterocycles. The van der Waals surface area contributed by atoms with Crippen LogP contribution in [0.2, 0.25) is 0 Å². The molecule has 1 fully saturated rings. The number of fused-ring (bicyclic) bond motifs is 1. The monoisotopic (exact) mass is 348 g/mol. The van der Waals surface area contributed by atoms with Crippen molar-refractivity contribution in [3.05, 3.63) is 16.5 Å². The maximum Gasteiger partial charge on any atom is 0.260 e.